The molecule has 2 amide bonds. The van der Waals surface area contributed by atoms with Gasteiger partial charge in [0.25, 0.3) is 11.8 Å². The van der Waals surface area contributed by atoms with Crippen LogP contribution >= 0.6 is 0 Å². The summed E-state index contributed by atoms with van der Waals surface area (Å²) in [6, 6.07) is 14.1. The summed E-state index contributed by atoms with van der Waals surface area (Å²) in [6.07, 6.45) is 1.86. The van der Waals surface area contributed by atoms with E-state index in [2.05, 4.69) is 5.32 Å². The highest BCUT2D eigenvalue weighted by molar-refractivity contribution is 6.16. The number of rotatable bonds is 2. The first-order valence-corrected chi connectivity index (χ1v) is 5.76. The van der Waals surface area contributed by atoms with Crippen molar-refractivity contribution in [3.8, 4) is 0 Å². The van der Waals surface area contributed by atoms with Gasteiger partial charge in [-0.3, -0.25) is 14.9 Å². The van der Waals surface area contributed by atoms with E-state index < -0.39 is 0 Å². The number of hydrogen-bond acceptors (Lipinski definition) is 2. The van der Waals surface area contributed by atoms with Gasteiger partial charge in [0, 0.05) is 18.1 Å². The fourth-order valence-corrected chi connectivity index (χ4v) is 2.15. The minimum Gasteiger partial charge on any atom is -0.289 e. The molecule has 0 fully saturated rings. The van der Waals surface area contributed by atoms with Crippen LogP contribution < -0.4 is 5.32 Å². The van der Waals surface area contributed by atoms with Crippen LogP contribution in [0.1, 0.15) is 5.56 Å². The van der Waals surface area contributed by atoms with Crippen molar-refractivity contribution >= 4 is 22.6 Å². The average Bonchev–Trinajstić information content (AvgIpc) is 2.68. The minimum absolute atomic E-state index is 0.284. The Morgan fingerprint density at radius 1 is 0.944 bits per heavy atom. The highest BCUT2D eigenvalue weighted by atomic mass is 16.2. The molecular weight excluding hydrogens is 226 g/mol. The molecule has 3 rings (SSSR count). The molecular formula is C15H11NO2. The van der Waals surface area contributed by atoms with Crippen LogP contribution in [0.4, 0.5) is 0 Å². The summed E-state index contributed by atoms with van der Waals surface area (Å²) >= 11 is 0. The quantitative estimate of drug-likeness (QED) is 0.812. The summed E-state index contributed by atoms with van der Waals surface area (Å²) in [5.74, 6) is -0.607. The molecule has 3 heteroatoms. The summed E-state index contributed by atoms with van der Waals surface area (Å²) in [5, 5.41) is 4.56. The van der Waals surface area contributed by atoms with E-state index in [0.717, 1.165) is 10.9 Å². The third-order valence-corrected chi connectivity index (χ3v) is 3.04. The Hall–Kier alpha value is -2.42. The predicted octanol–water partition coefficient (Wildman–Crippen LogP) is 1.97. The average molecular weight is 237 g/mol. The Bertz CT molecular complexity index is 686. The van der Waals surface area contributed by atoms with Crippen molar-refractivity contribution in [1.29, 1.82) is 0 Å². The predicted molar refractivity (Wildman–Crippen MR) is 68.9 cm³/mol. The number of amides is 2. The summed E-state index contributed by atoms with van der Waals surface area (Å²) in [6.45, 7) is 0. The van der Waals surface area contributed by atoms with Gasteiger partial charge < -0.3 is 0 Å². The lowest BCUT2D eigenvalue weighted by Crippen LogP contribution is -2.22. The summed E-state index contributed by atoms with van der Waals surface area (Å²) < 4.78 is 0. The molecule has 18 heavy (non-hydrogen) atoms. The number of hydrogen-bond donors (Lipinski definition) is 1. The highest BCUT2D eigenvalue weighted by Gasteiger charge is 2.20. The molecule has 0 aliphatic carbocycles. The van der Waals surface area contributed by atoms with Crippen LogP contribution in [0.25, 0.3) is 10.8 Å². The van der Waals surface area contributed by atoms with Gasteiger partial charge in [-0.05, 0) is 16.3 Å². The van der Waals surface area contributed by atoms with Crippen LogP contribution in [0.15, 0.2) is 54.1 Å². The summed E-state index contributed by atoms with van der Waals surface area (Å²) in [4.78, 5) is 22.5. The van der Waals surface area contributed by atoms with Gasteiger partial charge in [-0.2, -0.15) is 0 Å². The lowest BCUT2D eigenvalue weighted by molar-refractivity contribution is -0.123. The molecule has 1 heterocycles. The maximum absolute atomic E-state index is 11.5. The van der Waals surface area contributed by atoms with Crippen LogP contribution in [-0.4, -0.2) is 11.8 Å². The van der Waals surface area contributed by atoms with Gasteiger partial charge in [-0.15, -0.1) is 0 Å². The van der Waals surface area contributed by atoms with E-state index in [-0.39, 0.29) is 11.8 Å². The van der Waals surface area contributed by atoms with E-state index in [0.29, 0.717) is 12.0 Å². The molecule has 2 aromatic carbocycles. The van der Waals surface area contributed by atoms with Gasteiger partial charge in [-0.1, -0.05) is 42.5 Å². The first kappa shape index (κ1) is 10.7. The molecule has 88 valence electrons. The van der Waals surface area contributed by atoms with Crippen LogP contribution in [0.5, 0.6) is 0 Å². The van der Waals surface area contributed by atoms with Crippen LogP contribution in [-0.2, 0) is 16.0 Å². The van der Waals surface area contributed by atoms with E-state index in [1.54, 1.807) is 0 Å². The zero-order chi connectivity index (χ0) is 12.5. The largest absolute Gasteiger partial charge is 0.289 e. The van der Waals surface area contributed by atoms with Gasteiger partial charge in [-0.25, -0.2) is 0 Å². The molecule has 0 spiro atoms. The molecule has 0 radical (unpaired) electrons. The van der Waals surface area contributed by atoms with Gasteiger partial charge in [0.15, 0.2) is 0 Å². The van der Waals surface area contributed by atoms with Crippen LogP contribution in [0.2, 0.25) is 0 Å². The molecule has 1 aliphatic rings. The molecule has 0 unspecified atom stereocenters. The van der Waals surface area contributed by atoms with Crippen molar-refractivity contribution in [1.82, 2.24) is 5.32 Å². The Balaban J connectivity index is 1.94. The normalized spacial score (nSPS) is 14.8. The number of nitrogens with one attached hydrogen (secondary N) is 1. The first-order chi connectivity index (χ1) is 8.72. The Morgan fingerprint density at radius 2 is 1.72 bits per heavy atom. The molecule has 0 atom stereocenters. The third kappa shape index (κ3) is 1.91. The van der Waals surface area contributed by atoms with E-state index in [9.17, 15) is 9.59 Å². The smallest absolute Gasteiger partial charge is 0.254 e. The maximum atomic E-state index is 11.5. The fraction of sp³-hybridized carbons (Fsp3) is 0.0667. The number of benzene rings is 2. The molecule has 0 bridgehead atoms. The van der Waals surface area contributed by atoms with Gasteiger partial charge >= 0.3 is 0 Å². The number of carbonyl (C=O) groups excluding carboxylic acids is 2. The Kier molecular flexibility index (Phi) is 2.45. The number of fused-ring (bicyclic) bond motifs is 1. The topological polar surface area (TPSA) is 46.2 Å². The van der Waals surface area contributed by atoms with Crippen molar-refractivity contribution in [2.45, 2.75) is 6.42 Å². The standard InChI is InChI=1S/C15H11NO2/c17-14-9-13(15(18)16-14)8-10-5-6-11-3-1-2-4-12(11)7-10/h1-7,9H,8H2,(H,16,17,18). The fourth-order valence-electron chi connectivity index (χ4n) is 2.15. The maximum Gasteiger partial charge on any atom is 0.254 e. The van der Waals surface area contributed by atoms with Crippen molar-refractivity contribution < 1.29 is 9.59 Å². The monoisotopic (exact) mass is 237 g/mol. The number of carbonyl (C=O) groups is 2. The Labute approximate surface area is 104 Å². The first-order valence-electron chi connectivity index (χ1n) is 5.76. The Morgan fingerprint density at radius 3 is 2.44 bits per heavy atom. The second-order valence-corrected chi connectivity index (χ2v) is 4.35. The molecule has 0 aromatic heterocycles. The lowest BCUT2D eigenvalue weighted by atomic mass is 10.0. The number of imide groups is 1. The molecule has 1 N–H and O–H groups in total. The molecule has 3 nitrogen and oxygen atoms in total. The SMILES string of the molecule is O=C1C=C(Cc2ccc3ccccc3c2)C(=O)N1. The van der Waals surface area contributed by atoms with E-state index in [4.69, 9.17) is 0 Å². The van der Waals surface area contributed by atoms with E-state index in [1.165, 1.54) is 11.5 Å². The third-order valence-electron chi connectivity index (χ3n) is 3.04. The van der Waals surface area contributed by atoms with Gasteiger partial charge in [0.05, 0.1) is 0 Å². The van der Waals surface area contributed by atoms with Crippen LogP contribution in [0.3, 0.4) is 0 Å². The molecule has 0 saturated heterocycles. The molecule has 0 saturated carbocycles. The van der Waals surface area contributed by atoms with Crippen molar-refractivity contribution in [3.63, 3.8) is 0 Å². The van der Waals surface area contributed by atoms with Crippen molar-refractivity contribution in [2.75, 3.05) is 0 Å². The van der Waals surface area contributed by atoms with Gasteiger partial charge in [0.2, 0.25) is 0 Å². The molecule has 2 aromatic rings. The minimum atomic E-state index is -0.323. The second-order valence-electron chi connectivity index (χ2n) is 4.35. The second kappa shape index (κ2) is 4.11. The van der Waals surface area contributed by atoms with Crippen LogP contribution in [0, 0.1) is 0 Å². The summed E-state index contributed by atoms with van der Waals surface area (Å²) in [7, 11) is 0. The highest BCUT2D eigenvalue weighted by Crippen LogP contribution is 2.18. The van der Waals surface area contributed by atoms with E-state index >= 15 is 0 Å². The molecule has 1 aliphatic heterocycles. The van der Waals surface area contributed by atoms with Gasteiger partial charge in [0.1, 0.15) is 0 Å². The van der Waals surface area contributed by atoms with Crippen molar-refractivity contribution in [2.24, 2.45) is 0 Å². The lowest BCUT2D eigenvalue weighted by Gasteiger charge is -2.03. The summed E-state index contributed by atoms with van der Waals surface area (Å²) in [5.41, 5.74) is 1.56. The van der Waals surface area contributed by atoms with E-state index in [1.807, 2.05) is 42.5 Å². The zero-order valence-corrected chi connectivity index (χ0v) is 9.64. The van der Waals surface area contributed by atoms with Crippen molar-refractivity contribution in [3.05, 3.63) is 59.7 Å². The zero-order valence-electron chi connectivity index (χ0n) is 9.64.